The zero-order chi connectivity index (χ0) is 38.2. The van der Waals surface area contributed by atoms with Gasteiger partial charge in [-0.15, -0.1) is 15.0 Å². The summed E-state index contributed by atoms with van der Waals surface area (Å²) in [7, 11) is 0. The fraction of sp³-hybridized carbons (Fsp3) is 0.455. The molecule has 4 N–H and O–H groups in total. The number of nitrogens with zero attached hydrogens (tertiary/aromatic N) is 8. The van der Waals surface area contributed by atoms with Gasteiger partial charge in [-0.3, -0.25) is 35.3 Å². The molecule has 4 aromatic rings. The van der Waals surface area contributed by atoms with Crippen molar-refractivity contribution in [2.75, 3.05) is 19.8 Å². The van der Waals surface area contributed by atoms with Crippen LogP contribution >= 0.6 is 11.6 Å². The summed E-state index contributed by atoms with van der Waals surface area (Å²) in [6, 6.07) is 15.5. The van der Waals surface area contributed by atoms with E-state index in [2.05, 4.69) is 37.0 Å². The molecule has 1 unspecified atom stereocenters. The molecule has 0 aliphatic carbocycles. The fourth-order valence-electron chi connectivity index (χ4n) is 5.05. The highest BCUT2D eigenvalue weighted by Crippen LogP contribution is 2.31. The number of rotatable bonds is 22. The molecular formula is C33H43ClN8O11. The van der Waals surface area contributed by atoms with Crippen LogP contribution in [-0.4, -0.2) is 93.3 Å². The number of aryl methyl sites for hydroxylation is 1. The van der Waals surface area contributed by atoms with E-state index in [9.17, 15) is 9.59 Å². The molecule has 0 amide bonds. The second kappa shape index (κ2) is 21.2. The second-order valence-electron chi connectivity index (χ2n) is 11.6. The van der Waals surface area contributed by atoms with Gasteiger partial charge >= 0.3 is 12.1 Å². The Morgan fingerprint density at radius 2 is 1.57 bits per heavy atom. The maximum Gasteiger partial charge on any atom is 0.510 e. The first-order valence-corrected chi connectivity index (χ1v) is 17.3. The summed E-state index contributed by atoms with van der Waals surface area (Å²) in [5.41, 5.74) is 3.97. The molecule has 53 heavy (non-hydrogen) atoms. The first-order valence-electron chi connectivity index (χ1n) is 16.9. The van der Waals surface area contributed by atoms with Crippen LogP contribution in [0.5, 0.6) is 0 Å². The van der Waals surface area contributed by atoms with Crippen molar-refractivity contribution >= 4 is 23.7 Å². The van der Waals surface area contributed by atoms with Crippen LogP contribution in [0.3, 0.4) is 0 Å². The number of carbonyl (C=O) groups excluding carboxylic acids is 2. The smallest absolute Gasteiger partial charge is 0.459 e. The van der Waals surface area contributed by atoms with Gasteiger partial charge < -0.3 is 18.8 Å². The molecule has 0 aliphatic heterocycles. The standard InChI is InChI=1S/C33H43ClN8O11/c1-3-4-12-29-35-31(34)28(22-50-30(43)13-9-20-52-42(47)48)39(29)21-24-14-16-25(17-15-24)26-10-5-6-11-27(26)32-36-38-40(37-32)23(2)53-33(44)49-18-7-8-19-51-41(45)46/h5-6,10-11,14-17,23,45-48H,3-4,7-9,12-13,18-22H2,1-2H3. The molecule has 0 spiro atoms. The number of esters is 1. The van der Waals surface area contributed by atoms with Gasteiger partial charge in [0.25, 0.3) is 0 Å². The number of aromatic nitrogens is 6. The van der Waals surface area contributed by atoms with Crippen molar-refractivity contribution in [3.63, 3.8) is 0 Å². The van der Waals surface area contributed by atoms with Crippen molar-refractivity contribution in [3.05, 3.63) is 70.8 Å². The molecule has 2 aromatic carbocycles. The van der Waals surface area contributed by atoms with Crippen LogP contribution in [0.4, 0.5) is 4.79 Å². The van der Waals surface area contributed by atoms with Gasteiger partial charge in [0.2, 0.25) is 12.1 Å². The molecule has 288 valence electrons. The van der Waals surface area contributed by atoms with E-state index >= 15 is 0 Å². The molecule has 2 heterocycles. The van der Waals surface area contributed by atoms with Crippen molar-refractivity contribution < 1.29 is 54.3 Å². The summed E-state index contributed by atoms with van der Waals surface area (Å²) < 4.78 is 17.7. The lowest BCUT2D eigenvalue weighted by Crippen LogP contribution is -2.19. The molecule has 1 atom stereocenters. The average Bonchev–Trinajstić information content (AvgIpc) is 3.74. The fourth-order valence-corrected chi connectivity index (χ4v) is 5.31. The normalized spacial score (nSPS) is 12.0. The van der Waals surface area contributed by atoms with Crippen LogP contribution in [0, 0.1) is 0 Å². The summed E-state index contributed by atoms with van der Waals surface area (Å²) in [4.78, 5) is 39.1. The van der Waals surface area contributed by atoms with Crippen LogP contribution in [0.15, 0.2) is 48.5 Å². The van der Waals surface area contributed by atoms with Crippen LogP contribution in [0.1, 0.15) is 75.7 Å². The van der Waals surface area contributed by atoms with E-state index in [0.717, 1.165) is 40.2 Å². The summed E-state index contributed by atoms with van der Waals surface area (Å²) in [6.07, 6.45) is 1.77. The Bertz CT molecular complexity index is 1740. The highest BCUT2D eigenvalue weighted by Gasteiger charge is 2.20. The summed E-state index contributed by atoms with van der Waals surface area (Å²) in [6.45, 7) is 3.99. The van der Waals surface area contributed by atoms with Gasteiger partial charge in [-0.2, -0.15) is 0 Å². The summed E-state index contributed by atoms with van der Waals surface area (Å²) in [5, 5.41) is 46.4. The summed E-state index contributed by atoms with van der Waals surface area (Å²) >= 11 is 6.54. The molecule has 0 saturated heterocycles. The zero-order valence-corrected chi connectivity index (χ0v) is 30.0. The number of ether oxygens (including phenoxy) is 3. The van der Waals surface area contributed by atoms with Crippen molar-refractivity contribution in [1.82, 2.24) is 40.5 Å². The molecule has 0 radical (unpaired) electrons. The molecule has 0 saturated carbocycles. The largest absolute Gasteiger partial charge is 0.510 e. The third-order valence-corrected chi connectivity index (χ3v) is 8.02. The van der Waals surface area contributed by atoms with Gasteiger partial charge in [-0.25, -0.2) is 9.78 Å². The Hall–Kier alpha value is -4.57. The number of carbonyl (C=O) groups is 2. The first kappa shape index (κ1) is 41.2. The van der Waals surface area contributed by atoms with Gasteiger partial charge in [0.15, 0.2) is 5.15 Å². The molecule has 4 rings (SSSR count). The van der Waals surface area contributed by atoms with E-state index in [1.54, 1.807) is 6.92 Å². The van der Waals surface area contributed by atoms with Gasteiger partial charge in [0, 0.05) is 24.9 Å². The molecule has 0 aliphatic rings. The lowest BCUT2D eigenvalue weighted by molar-refractivity contribution is -0.492. The Labute approximate surface area is 309 Å². The lowest BCUT2D eigenvalue weighted by atomic mass is 9.98. The second-order valence-corrected chi connectivity index (χ2v) is 11.9. The van der Waals surface area contributed by atoms with Gasteiger partial charge in [-0.1, -0.05) is 73.5 Å². The predicted molar refractivity (Wildman–Crippen MR) is 182 cm³/mol. The van der Waals surface area contributed by atoms with Crippen LogP contribution in [-0.2, 0) is 48.3 Å². The molecule has 2 aromatic heterocycles. The third kappa shape index (κ3) is 13.1. The molecular weight excluding hydrogens is 720 g/mol. The van der Waals surface area contributed by atoms with Crippen molar-refractivity contribution in [3.8, 4) is 22.5 Å². The van der Waals surface area contributed by atoms with E-state index in [1.807, 2.05) is 53.1 Å². The minimum atomic E-state index is -0.922. The van der Waals surface area contributed by atoms with Crippen LogP contribution in [0.25, 0.3) is 22.5 Å². The molecule has 0 bridgehead atoms. The van der Waals surface area contributed by atoms with Gasteiger partial charge in [0.05, 0.1) is 36.3 Å². The number of hydrogen-bond donors (Lipinski definition) is 4. The average molecular weight is 763 g/mol. The number of hydrogen-bond acceptors (Lipinski definition) is 17. The number of benzene rings is 2. The maximum atomic E-state index is 12.3. The molecule has 20 heteroatoms. The maximum absolute atomic E-state index is 12.3. The number of halogens is 1. The Balaban J connectivity index is 1.41. The third-order valence-electron chi connectivity index (χ3n) is 7.72. The highest BCUT2D eigenvalue weighted by molar-refractivity contribution is 6.30. The quantitative estimate of drug-likeness (QED) is 0.0437. The van der Waals surface area contributed by atoms with Crippen molar-refractivity contribution in [2.45, 2.75) is 78.2 Å². The topological polar surface area (TPSA) is 229 Å². The Morgan fingerprint density at radius 1 is 0.887 bits per heavy atom. The lowest BCUT2D eigenvalue weighted by Gasteiger charge is -2.14. The summed E-state index contributed by atoms with van der Waals surface area (Å²) in [5.74, 6) is 0.605. The minimum absolute atomic E-state index is 0.00999. The monoisotopic (exact) mass is 762 g/mol. The number of unbranched alkanes of at least 4 members (excludes halogenated alkanes) is 2. The van der Waals surface area contributed by atoms with Crippen molar-refractivity contribution in [1.29, 1.82) is 0 Å². The number of tetrazole rings is 1. The van der Waals surface area contributed by atoms with E-state index in [-0.39, 0.29) is 49.8 Å². The van der Waals surface area contributed by atoms with Crippen molar-refractivity contribution in [2.24, 2.45) is 0 Å². The SMILES string of the molecule is CCCCc1nc(Cl)c(COC(=O)CCCON(O)O)n1Cc1ccc(-c2ccccc2-c2nnn(C(C)OC(=O)OCCCCON(O)O)n2)cc1. The van der Waals surface area contributed by atoms with E-state index in [4.69, 9.17) is 46.6 Å². The van der Waals surface area contributed by atoms with Crippen LogP contribution in [0.2, 0.25) is 5.15 Å². The van der Waals surface area contributed by atoms with E-state index in [1.165, 1.54) is 0 Å². The zero-order valence-electron chi connectivity index (χ0n) is 29.3. The van der Waals surface area contributed by atoms with Gasteiger partial charge in [-0.05, 0) is 54.5 Å². The van der Waals surface area contributed by atoms with Gasteiger partial charge in [0.1, 0.15) is 12.4 Å². The molecule has 19 nitrogen and oxygen atoms in total. The highest BCUT2D eigenvalue weighted by atomic mass is 35.5. The Morgan fingerprint density at radius 3 is 2.26 bits per heavy atom. The predicted octanol–water partition coefficient (Wildman–Crippen LogP) is 5.55. The molecule has 0 fully saturated rings. The van der Waals surface area contributed by atoms with E-state index in [0.29, 0.717) is 42.9 Å². The first-order chi connectivity index (χ1) is 25.5. The van der Waals surface area contributed by atoms with Crippen LogP contribution < -0.4 is 0 Å². The van der Waals surface area contributed by atoms with E-state index < -0.39 is 23.7 Å². The Kier molecular flexibility index (Phi) is 16.5. The minimum Gasteiger partial charge on any atom is -0.459 e. The number of imidazole rings is 1.